The first-order valence-electron chi connectivity index (χ1n) is 4.62. The molecular formula is C10H9ClFNO3. The lowest BCUT2D eigenvalue weighted by Gasteiger charge is -2.20. The van der Waals surface area contributed by atoms with Gasteiger partial charge < -0.3 is 15.2 Å². The fourth-order valence-corrected chi connectivity index (χ4v) is 1.65. The van der Waals surface area contributed by atoms with E-state index in [1.807, 2.05) is 0 Å². The number of Topliss-reactive ketones (excluding diaryl/α,β-unsaturated/α-hetero) is 1. The summed E-state index contributed by atoms with van der Waals surface area (Å²) in [6.45, 7) is 0.566. The number of nitrogens with two attached hydrogens (primary N) is 1. The molecule has 1 aliphatic heterocycles. The van der Waals surface area contributed by atoms with Crippen LogP contribution in [0.2, 0.25) is 0 Å². The van der Waals surface area contributed by atoms with Gasteiger partial charge in [-0.2, -0.15) is 0 Å². The average molecular weight is 246 g/mol. The summed E-state index contributed by atoms with van der Waals surface area (Å²) in [6, 6.07) is 1.37. The molecule has 1 aromatic rings. The standard InChI is InChI=1S/C10H9ClFNO3/c11-4-6(14)8-5(13)3-7-10(9(8)12)16-2-1-15-7/h3H,1-2,4,13H2. The first-order valence-corrected chi connectivity index (χ1v) is 5.15. The fourth-order valence-electron chi connectivity index (χ4n) is 1.51. The van der Waals surface area contributed by atoms with Crippen LogP contribution in [-0.4, -0.2) is 24.9 Å². The first-order chi connectivity index (χ1) is 7.65. The number of hydrogen-bond acceptors (Lipinski definition) is 4. The summed E-state index contributed by atoms with van der Waals surface area (Å²) in [4.78, 5) is 11.4. The molecule has 0 fully saturated rings. The molecule has 4 nitrogen and oxygen atoms in total. The summed E-state index contributed by atoms with van der Waals surface area (Å²) >= 11 is 5.37. The lowest BCUT2D eigenvalue weighted by atomic mass is 10.1. The van der Waals surface area contributed by atoms with E-state index >= 15 is 0 Å². The molecule has 1 heterocycles. The molecule has 86 valence electrons. The molecule has 0 bridgehead atoms. The third kappa shape index (κ3) is 1.67. The van der Waals surface area contributed by atoms with Crippen LogP contribution in [0.5, 0.6) is 11.5 Å². The molecule has 1 aromatic carbocycles. The largest absolute Gasteiger partial charge is 0.486 e. The van der Waals surface area contributed by atoms with Gasteiger partial charge in [-0.05, 0) is 0 Å². The number of carbonyl (C=O) groups is 1. The minimum Gasteiger partial charge on any atom is -0.486 e. The van der Waals surface area contributed by atoms with Crippen LogP contribution in [0.15, 0.2) is 6.07 Å². The second kappa shape index (κ2) is 4.17. The lowest BCUT2D eigenvalue weighted by molar-refractivity contribution is 0.101. The fraction of sp³-hybridized carbons (Fsp3) is 0.300. The van der Waals surface area contributed by atoms with E-state index in [-0.39, 0.29) is 35.2 Å². The van der Waals surface area contributed by atoms with Crippen LogP contribution in [0.1, 0.15) is 10.4 Å². The Kier molecular flexibility index (Phi) is 2.87. The normalized spacial score (nSPS) is 13.6. The highest BCUT2D eigenvalue weighted by atomic mass is 35.5. The number of carbonyl (C=O) groups excluding carboxylic acids is 1. The summed E-state index contributed by atoms with van der Waals surface area (Å²) < 4.78 is 24.1. The van der Waals surface area contributed by atoms with Crippen molar-refractivity contribution in [2.24, 2.45) is 0 Å². The Balaban J connectivity index is 2.58. The molecule has 0 aliphatic carbocycles. The van der Waals surface area contributed by atoms with Crippen molar-refractivity contribution in [3.8, 4) is 11.5 Å². The zero-order valence-electron chi connectivity index (χ0n) is 8.26. The second-order valence-corrected chi connectivity index (χ2v) is 3.50. The zero-order valence-corrected chi connectivity index (χ0v) is 9.01. The molecule has 0 saturated heterocycles. The maximum atomic E-state index is 13.9. The number of fused-ring (bicyclic) bond motifs is 1. The van der Waals surface area contributed by atoms with Crippen LogP contribution in [0.4, 0.5) is 10.1 Å². The molecule has 1 aliphatic rings. The number of alkyl halides is 1. The minimum absolute atomic E-state index is 0.00685. The first kappa shape index (κ1) is 11.0. The van der Waals surface area contributed by atoms with Crippen molar-refractivity contribution in [3.05, 3.63) is 17.4 Å². The highest BCUT2D eigenvalue weighted by Crippen LogP contribution is 2.38. The Hall–Kier alpha value is -1.49. The number of hydrogen-bond donors (Lipinski definition) is 1. The predicted molar refractivity (Wildman–Crippen MR) is 56.9 cm³/mol. The van der Waals surface area contributed by atoms with Crippen LogP contribution in [0.25, 0.3) is 0 Å². The summed E-state index contributed by atoms with van der Waals surface area (Å²) in [5, 5.41) is 0. The zero-order chi connectivity index (χ0) is 11.7. The monoisotopic (exact) mass is 245 g/mol. The molecule has 0 atom stereocenters. The van der Waals surface area contributed by atoms with Crippen LogP contribution in [0.3, 0.4) is 0 Å². The Morgan fingerprint density at radius 3 is 2.88 bits per heavy atom. The summed E-state index contributed by atoms with van der Waals surface area (Å²) in [5.41, 5.74) is 5.34. The highest BCUT2D eigenvalue weighted by molar-refractivity contribution is 6.31. The molecule has 2 rings (SSSR count). The van der Waals surface area contributed by atoms with Crippen LogP contribution in [-0.2, 0) is 0 Å². The molecule has 0 unspecified atom stereocenters. The van der Waals surface area contributed by atoms with Crippen molar-refractivity contribution in [2.75, 3.05) is 24.8 Å². The van der Waals surface area contributed by atoms with Gasteiger partial charge >= 0.3 is 0 Å². The quantitative estimate of drug-likeness (QED) is 0.488. The van der Waals surface area contributed by atoms with Crippen LogP contribution >= 0.6 is 11.6 Å². The SMILES string of the molecule is Nc1cc2c(c(F)c1C(=O)CCl)OCCO2. The summed E-state index contributed by atoms with van der Waals surface area (Å²) in [5.74, 6) is -1.57. The van der Waals surface area contributed by atoms with Crippen LogP contribution < -0.4 is 15.2 Å². The van der Waals surface area contributed by atoms with E-state index in [1.165, 1.54) is 6.07 Å². The van der Waals surface area contributed by atoms with Gasteiger partial charge in [-0.25, -0.2) is 4.39 Å². The van der Waals surface area contributed by atoms with Crippen molar-refractivity contribution in [2.45, 2.75) is 0 Å². The van der Waals surface area contributed by atoms with Gasteiger partial charge in [-0.15, -0.1) is 11.6 Å². The van der Waals surface area contributed by atoms with Crippen LogP contribution in [0, 0.1) is 5.82 Å². The van der Waals surface area contributed by atoms with Gasteiger partial charge in [0.1, 0.15) is 13.2 Å². The van der Waals surface area contributed by atoms with E-state index in [9.17, 15) is 9.18 Å². The smallest absolute Gasteiger partial charge is 0.198 e. The van der Waals surface area contributed by atoms with Crippen molar-refractivity contribution in [1.29, 1.82) is 0 Å². The van der Waals surface area contributed by atoms with Crippen molar-refractivity contribution >= 4 is 23.1 Å². The maximum absolute atomic E-state index is 13.9. The molecule has 0 aromatic heterocycles. The third-order valence-corrected chi connectivity index (χ3v) is 2.45. The van der Waals surface area contributed by atoms with E-state index in [4.69, 9.17) is 26.8 Å². The minimum atomic E-state index is -0.805. The van der Waals surface area contributed by atoms with Gasteiger partial charge in [-0.3, -0.25) is 4.79 Å². The maximum Gasteiger partial charge on any atom is 0.198 e. The van der Waals surface area contributed by atoms with Gasteiger partial charge in [0.25, 0.3) is 0 Å². The average Bonchev–Trinajstić information content (AvgIpc) is 2.28. The van der Waals surface area contributed by atoms with E-state index in [2.05, 4.69) is 0 Å². The number of nitrogen functional groups attached to an aromatic ring is 1. The van der Waals surface area contributed by atoms with Gasteiger partial charge in [0.15, 0.2) is 23.1 Å². The molecule has 0 amide bonds. The lowest BCUT2D eigenvalue weighted by Crippen LogP contribution is -2.19. The molecule has 16 heavy (non-hydrogen) atoms. The van der Waals surface area contributed by atoms with E-state index in [1.54, 1.807) is 0 Å². The number of anilines is 1. The topological polar surface area (TPSA) is 61.6 Å². The van der Waals surface area contributed by atoms with Crippen molar-refractivity contribution in [1.82, 2.24) is 0 Å². The van der Waals surface area contributed by atoms with E-state index in [0.29, 0.717) is 6.61 Å². The van der Waals surface area contributed by atoms with E-state index in [0.717, 1.165) is 0 Å². The van der Waals surface area contributed by atoms with Gasteiger partial charge in [0.2, 0.25) is 0 Å². The van der Waals surface area contributed by atoms with Gasteiger partial charge in [-0.1, -0.05) is 0 Å². The van der Waals surface area contributed by atoms with Crippen molar-refractivity contribution < 1.29 is 18.7 Å². The predicted octanol–water partition coefficient (Wildman–Crippen LogP) is 1.60. The molecule has 6 heteroatoms. The number of halogens is 2. The number of ether oxygens (including phenoxy) is 2. The number of ketones is 1. The Morgan fingerprint density at radius 1 is 1.50 bits per heavy atom. The molecule has 0 saturated carbocycles. The van der Waals surface area contributed by atoms with E-state index < -0.39 is 11.6 Å². The number of rotatable bonds is 2. The van der Waals surface area contributed by atoms with Gasteiger partial charge in [0, 0.05) is 11.8 Å². The third-order valence-electron chi connectivity index (χ3n) is 2.21. The highest BCUT2D eigenvalue weighted by Gasteiger charge is 2.25. The Bertz CT molecular complexity index is 450. The summed E-state index contributed by atoms with van der Waals surface area (Å²) in [6.07, 6.45) is 0. The molecule has 2 N–H and O–H groups in total. The summed E-state index contributed by atoms with van der Waals surface area (Å²) in [7, 11) is 0. The number of benzene rings is 1. The van der Waals surface area contributed by atoms with Crippen molar-refractivity contribution in [3.63, 3.8) is 0 Å². The molecular weight excluding hydrogens is 237 g/mol. The molecule has 0 spiro atoms. The molecule has 0 radical (unpaired) electrons. The Morgan fingerprint density at radius 2 is 2.19 bits per heavy atom. The Labute approximate surface area is 96.1 Å². The van der Waals surface area contributed by atoms with Gasteiger partial charge in [0.05, 0.1) is 11.4 Å². The second-order valence-electron chi connectivity index (χ2n) is 3.24.